The van der Waals surface area contributed by atoms with Crippen LogP contribution in [-0.4, -0.2) is 54.0 Å². The molecule has 2 fully saturated rings. The van der Waals surface area contributed by atoms with Crippen molar-refractivity contribution in [3.8, 4) is 33.5 Å². The molecule has 1 aliphatic carbocycles. The molecule has 0 unspecified atom stereocenters. The Balaban J connectivity index is 1.31. The summed E-state index contributed by atoms with van der Waals surface area (Å²) >= 11 is 0. The molecule has 1 saturated carbocycles. The number of nitrogen functional groups attached to an aromatic ring is 1. The van der Waals surface area contributed by atoms with Crippen LogP contribution in [0, 0.1) is 19.8 Å². The molecule has 7 rings (SSSR count). The Hall–Kier alpha value is -5.32. The molecule has 246 valence electrons. The molecule has 0 spiro atoms. The number of aromatic nitrogens is 5. The largest absolute Gasteiger partial charge is 0.382 e. The molecule has 0 bridgehead atoms. The third-order valence-electron chi connectivity index (χ3n) is 9.89. The lowest BCUT2D eigenvalue weighted by atomic mass is 9.92. The molecule has 0 radical (unpaired) electrons. The maximum Gasteiger partial charge on any atom is 0.254 e. The Morgan fingerprint density at radius 3 is 2.25 bits per heavy atom. The molecule has 11 heteroatoms. The average molecular weight is 645 g/mol. The summed E-state index contributed by atoms with van der Waals surface area (Å²) in [6, 6.07) is 13.8. The molecule has 4 N–H and O–H groups in total. The van der Waals surface area contributed by atoms with Crippen molar-refractivity contribution in [3.63, 3.8) is 0 Å². The van der Waals surface area contributed by atoms with Crippen molar-refractivity contribution in [2.24, 2.45) is 11.7 Å². The molecule has 1 aliphatic heterocycles. The number of carbonyl (C=O) groups is 2. The molecule has 48 heavy (non-hydrogen) atoms. The number of hydrogen-bond donors (Lipinski definition) is 2. The Bertz CT molecular complexity index is 2140. The van der Waals surface area contributed by atoms with Crippen molar-refractivity contribution in [2.75, 3.05) is 18.8 Å². The highest BCUT2D eigenvalue weighted by Gasteiger charge is 2.33. The van der Waals surface area contributed by atoms with Crippen molar-refractivity contribution in [1.82, 2.24) is 29.0 Å². The van der Waals surface area contributed by atoms with Gasteiger partial charge in [-0.1, -0.05) is 44.2 Å². The van der Waals surface area contributed by atoms with E-state index >= 15 is 0 Å². The van der Waals surface area contributed by atoms with Crippen LogP contribution in [0.2, 0.25) is 0 Å². The van der Waals surface area contributed by atoms with Crippen molar-refractivity contribution in [2.45, 2.75) is 65.3 Å². The number of pyridine rings is 2. The van der Waals surface area contributed by atoms with Gasteiger partial charge in [0.1, 0.15) is 17.4 Å². The van der Waals surface area contributed by atoms with E-state index in [1.54, 1.807) is 12.3 Å². The Kier molecular flexibility index (Phi) is 7.85. The number of fused-ring (bicyclic) bond motifs is 1. The maximum atomic E-state index is 14.1. The number of rotatable bonds is 7. The normalized spacial score (nSPS) is 15.4. The Labute approximate surface area is 278 Å². The number of nitrogens with two attached hydrogens (primary N) is 2. The minimum absolute atomic E-state index is 0.0185. The van der Waals surface area contributed by atoms with Gasteiger partial charge >= 0.3 is 0 Å². The lowest BCUT2D eigenvalue weighted by molar-refractivity contribution is -0.135. The van der Waals surface area contributed by atoms with Gasteiger partial charge in [0.05, 0.1) is 11.3 Å². The molecule has 1 saturated heterocycles. The van der Waals surface area contributed by atoms with Gasteiger partial charge in [0, 0.05) is 65.4 Å². The fourth-order valence-corrected chi connectivity index (χ4v) is 7.34. The number of benzene rings is 1. The first-order chi connectivity index (χ1) is 23.1. The predicted octanol–water partition coefficient (Wildman–Crippen LogP) is 5.28. The zero-order valence-corrected chi connectivity index (χ0v) is 27.7. The molecule has 2 amide bonds. The fourth-order valence-electron chi connectivity index (χ4n) is 7.34. The molecule has 5 heterocycles. The topological polar surface area (TPSA) is 154 Å². The van der Waals surface area contributed by atoms with E-state index in [1.807, 2.05) is 67.4 Å². The van der Waals surface area contributed by atoms with Crippen LogP contribution in [0.15, 0.2) is 59.8 Å². The van der Waals surface area contributed by atoms with E-state index in [0.717, 1.165) is 59.3 Å². The van der Waals surface area contributed by atoms with Crippen molar-refractivity contribution in [3.05, 3.63) is 87.9 Å². The molecular weight excluding hydrogens is 604 g/mol. The van der Waals surface area contributed by atoms with E-state index in [2.05, 4.69) is 25.7 Å². The second-order valence-electron chi connectivity index (χ2n) is 13.3. The summed E-state index contributed by atoms with van der Waals surface area (Å²) in [6.07, 6.45) is 6.71. The van der Waals surface area contributed by atoms with Gasteiger partial charge in [0.2, 0.25) is 11.3 Å². The summed E-state index contributed by atoms with van der Waals surface area (Å²) in [5, 5.41) is 4.59. The van der Waals surface area contributed by atoms with Crippen LogP contribution in [0.1, 0.15) is 78.9 Å². The molecule has 0 atom stereocenters. The third kappa shape index (κ3) is 5.23. The number of piperidine rings is 1. The minimum atomic E-state index is -0.759. The summed E-state index contributed by atoms with van der Waals surface area (Å²) in [5.74, 6) is -0.0248. The number of hydrogen-bond acceptors (Lipinski definition) is 7. The molecular formula is C37H40N8O3. The highest BCUT2D eigenvalue weighted by Crippen LogP contribution is 2.43. The van der Waals surface area contributed by atoms with E-state index in [-0.39, 0.29) is 34.8 Å². The fraction of sp³-hybridized carbons (Fsp3) is 0.351. The standard InChI is InChI=1S/C37H40N8O3/c1-20(2)37(48)43-16-13-24(14-17-43)29-18-28(33-35(38)41-19-42-45(29)33)23-7-9-25(10-8-23)32-31(36(39)47)34(46)30(22(4)44(32)26-11-12-26)27-6-5-15-40-21(27)3/h5-10,15,18-20,24,26H,11-14,16-17H2,1-4H3,(H2,39,47)(H2,38,41,42). The smallest absolute Gasteiger partial charge is 0.254 e. The van der Waals surface area contributed by atoms with Gasteiger partial charge in [-0.15, -0.1) is 0 Å². The second-order valence-corrected chi connectivity index (χ2v) is 13.3. The highest BCUT2D eigenvalue weighted by molar-refractivity contribution is 6.01. The minimum Gasteiger partial charge on any atom is -0.382 e. The van der Waals surface area contributed by atoms with Crippen LogP contribution in [-0.2, 0) is 4.79 Å². The van der Waals surface area contributed by atoms with Gasteiger partial charge in [0.15, 0.2) is 5.82 Å². The summed E-state index contributed by atoms with van der Waals surface area (Å²) in [7, 11) is 0. The van der Waals surface area contributed by atoms with Gasteiger partial charge in [0.25, 0.3) is 5.91 Å². The summed E-state index contributed by atoms with van der Waals surface area (Å²) in [4.78, 5) is 50.4. The van der Waals surface area contributed by atoms with E-state index in [4.69, 9.17) is 11.5 Å². The highest BCUT2D eigenvalue weighted by atomic mass is 16.2. The number of anilines is 1. The first-order valence-electron chi connectivity index (χ1n) is 16.6. The van der Waals surface area contributed by atoms with E-state index < -0.39 is 5.91 Å². The van der Waals surface area contributed by atoms with Crippen LogP contribution < -0.4 is 16.9 Å². The van der Waals surface area contributed by atoms with Crippen LogP contribution >= 0.6 is 0 Å². The number of carbonyl (C=O) groups excluding carboxylic acids is 2. The van der Waals surface area contributed by atoms with Crippen LogP contribution in [0.3, 0.4) is 0 Å². The monoisotopic (exact) mass is 644 g/mol. The van der Waals surface area contributed by atoms with Crippen molar-refractivity contribution >= 4 is 23.1 Å². The Morgan fingerprint density at radius 2 is 1.62 bits per heavy atom. The van der Waals surface area contributed by atoms with Gasteiger partial charge in [-0.05, 0) is 62.8 Å². The maximum absolute atomic E-state index is 14.1. The van der Waals surface area contributed by atoms with Crippen LogP contribution in [0.4, 0.5) is 5.82 Å². The first-order valence-corrected chi connectivity index (χ1v) is 16.6. The first kappa shape index (κ1) is 31.3. The van der Waals surface area contributed by atoms with Gasteiger partial charge in [-0.3, -0.25) is 19.4 Å². The number of primary amides is 1. The van der Waals surface area contributed by atoms with Crippen LogP contribution in [0.5, 0.6) is 0 Å². The molecule has 4 aromatic heterocycles. The lowest BCUT2D eigenvalue weighted by Crippen LogP contribution is -2.40. The van der Waals surface area contributed by atoms with Crippen molar-refractivity contribution in [1.29, 1.82) is 0 Å². The van der Waals surface area contributed by atoms with Gasteiger partial charge in [-0.2, -0.15) is 5.10 Å². The molecule has 2 aliphatic rings. The van der Waals surface area contributed by atoms with E-state index in [9.17, 15) is 14.4 Å². The molecule has 11 nitrogen and oxygen atoms in total. The molecule has 1 aromatic carbocycles. The number of aryl methyl sites for hydroxylation is 1. The molecule has 5 aromatic rings. The zero-order chi connectivity index (χ0) is 33.9. The number of nitrogens with zero attached hydrogens (tertiary/aromatic N) is 6. The zero-order valence-electron chi connectivity index (χ0n) is 27.7. The van der Waals surface area contributed by atoms with Crippen LogP contribution in [0.25, 0.3) is 39.0 Å². The van der Waals surface area contributed by atoms with E-state index in [0.29, 0.717) is 41.4 Å². The summed E-state index contributed by atoms with van der Waals surface area (Å²) in [6.45, 7) is 9.06. The average Bonchev–Trinajstić information content (AvgIpc) is 3.83. The number of likely N-dealkylation sites (tertiary alicyclic amines) is 1. The summed E-state index contributed by atoms with van der Waals surface area (Å²) < 4.78 is 4.00. The second kappa shape index (κ2) is 12.0. The number of amides is 2. The quantitative estimate of drug-likeness (QED) is 0.244. The van der Waals surface area contributed by atoms with E-state index in [1.165, 1.54) is 6.33 Å². The SMILES string of the molecule is Cc1ncccc1-c1c(C)n(C2CC2)c(-c2ccc(-c3cc(C4CCN(C(=O)C(C)C)CC4)n4ncnc(N)c34)cc2)c(C(N)=O)c1=O. The van der Waals surface area contributed by atoms with Gasteiger partial charge < -0.3 is 20.9 Å². The van der Waals surface area contributed by atoms with Gasteiger partial charge in [-0.25, -0.2) is 9.50 Å². The lowest BCUT2D eigenvalue weighted by Gasteiger charge is -2.33. The predicted molar refractivity (Wildman–Crippen MR) is 185 cm³/mol. The van der Waals surface area contributed by atoms with Crippen molar-refractivity contribution < 1.29 is 9.59 Å². The summed E-state index contributed by atoms with van der Waals surface area (Å²) in [5.41, 5.74) is 19.5. The third-order valence-corrected chi connectivity index (χ3v) is 9.89. The Morgan fingerprint density at radius 1 is 0.938 bits per heavy atom.